The third-order valence-electron chi connectivity index (χ3n) is 0.825. The molecule has 0 heterocycles. The van der Waals surface area contributed by atoms with E-state index in [-0.39, 0.29) is 36.4 Å². The Bertz CT molecular complexity index is 212. The van der Waals surface area contributed by atoms with Gasteiger partial charge in [0.25, 0.3) is 0 Å². The average molecular weight is 294 g/mol. The Labute approximate surface area is 110 Å². The van der Waals surface area contributed by atoms with E-state index < -0.39 is 14.5 Å². The van der Waals surface area contributed by atoms with Gasteiger partial charge in [-0.3, -0.25) is 4.57 Å². The molecule has 0 aliphatic rings. The lowest BCUT2D eigenvalue weighted by atomic mass is 11.4. The van der Waals surface area contributed by atoms with Gasteiger partial charge in [0.2, 0.25) is 0 Å². The van der Waals surface area contributed by atoms with E-state index in [4.69, 9.17) is 11.5 Å². The van der Waals surface area contributed by atoms with E-state index >= 15 is 0 Å². The Morgan fingerprint density at radius 1 is 0.882 bits per heavy atom. The molecule has 0 unspecified atom stereocenters. The minimum Gasteiger partial charge on any atom is -0.324 e. The van der Waals surface area contributed by atoms with Gasteiger partial charge in [-0.2, -0.15) is 0 Å². The van der Waals surface area contributed by atoms with Gasteiger partial charge < -0.3 is 20.6 Å². The van der Waals surface area contributed by atoms with E-state index in [1.54, 1.807) is 13.3 Å². The Morgan fingerprint density at radius 2 is 1.12 bits per heavy atom. The van der Waals surface area contributed by atoms with Crippen LogP contribution in [0.15, 0.2) is 0 Å². The maximum absolute atomic E-state index is 10.5. The third-order valence-corrected chi connectivity index (χ3v) is 2.48. The van der Waals surface area contributed by atoms with Crippen LogP contribution in [0.25, 0.3) is 0 Å². The standard InChI is InChI=1S/C3H10NO2P.C3H10NOP.4CH4/c1-7(2,5)6-3-4;1-6(2,5)3-4;;;;/h3-4H2,1-2H3;3-4H2,1-2H3;4*1H4. The molecule has 0 fully saturated rings. The molecule has 0 aromatic carbocycles. The van der Waals surface area contributed by atoms with Crippen LogP contribution in [0.3, 0.4) is 0 Å². The highest BCUT2D eigenvalue weighted by atomic mass is 31.2. The number of hydrogen-bond donors (Lipinski definition) is 2. The molecule has 0 aromatic heterocycles. The first kappa shape index (κ1) is 36.0. The van der Waals surface area contributed by atoms with Gasteiger partial charge in [0.05, 0.1) is 7.14 Å². The molecule has 0 aliphatic carbocycles. The van der Waals surface area contributed by atoms with Crippen molar-refractivity contribution in [2.75, 3.05) is 39.7 Å². The maximum atomic E-state index is 10.5. The second-order valence-corrected chi connectivity index (χ2v) is 9.58. The number of rotatable bonds is 3. The predicted octanol–water partition coefficient (Wildman–Crippen LogP) is 3.53. The molecule has 0 bridgehead atoms. The van der Waals surface area contributed by atoms with Crippen LogP contribution in [0.2, 0.25) is 0 Å². The van der Waals surface area contributed by atoms with Gasteiger partial charge in [0.15, 0.2) is 7.37 Å². The highest BCUT2D eigenvalue weighted by Crippen LogP contribution is 2.35. The lowest BCUT2D eigenvalue weighted by Gasteiger charge is -2.02. The molecule has 0 spiro atoms. The van der Waals surface area contributed by atoms with Gasteiger partial charge in [-0.05, 0) is 13.3 Å². The Balaban J connectivity index is -0.0000000290. The van der Waals surface area contributed by atoms with E-state index in [1.807, 2.05) is 0 Å². The molecule has 0 saturated carbocycles. The molecule has 17 heavy (non-hydrogen) atoms. The molecule has 5 nitrogen and oxygen atoms in total. The summed E-state index contributed by atoms with van der Waals surface area (Å²) in [7, 11) is -4.16. The van der Waals surface area contributed by atoms with Crippen LogP contribution in [0, 0.1) is 0 Å². The summed E-state index contributed by atoms with van der Waals surface area (Å²) in [5.74, 6) is 0. The third kappa shape index (κ3) is 62.4. The van der Waals surface area contributed by atoms with E-state index in [0.29, 0.717) is 6.29 Å². The molecular formula is C10H36N2O3P2. The quantitative estimate of drug-likeness (QED) is 0.613. The minimum absolute atomic E-state index is 0. The summed E-state index contributed by atoms with van der Waals surface area (Å²) in [6.45, 7) is 6.45. The second kappa shape index (κ2) is 16.3. The monoisotopic (exact) mass is 294 g/mol. The van der Waals surface area contributed by atoms with Crippen molar-refractivity contribution in [3.8, 4) is 0 Å². The van der Waals surface area contributed by atoms with Crippen molar-refractivity contribution in [1.82, 2.24) is 0 Å². The summed E-state index contributed by atoms with van der Waals surface area (Å²) in [5, 5.41) is 0. The molecule has 7 heteroatoms. The van der Waals surface area contributed by atoms with Gasteiger partial charge in [-0.25, -0.2) is 0 Å². The Morgan fingerprint density at radius 3 is 1.12 bits per heavy atom. The molecule has 4 N–H and O–H groups in total. The molecule has 0 amide bonds. The Kier molecular flexibility index (Phi) is 34.6. The number of hydrogen-bond acceptors (Lipinski definition) is 5. The maximum Gasteiger partial charge on any atom is 0.198 e. The SMILES string of the molecule is C.C.C.C.CP(C)(=O)CN.CP(C)(=O)OCN. The lowest BCUT2D eigenvalue weighted by molar-refractivity contribution is 0.332. The van der Waals surface area contributed by atoms with Gasteiger partial charge in [-0.1, -0.05) is 29.7 Å². The topological polar surface area (TPSA) is 95.4 Å². The van der Waals surface area contributed by atoms with Crippen molar-refractivity contribution >= 4 is 14.5 Å². The van der Waals surface area contributed by atoms with Crippen LogP contribution < -0.4 is 11.5 Å². The fourth-order valence-electron chi connectivity index (χ4n) is 0.180. The molecule has 0 rings (SSSR count). The average Bonchev–Trinajstić information content (AvgIpc) is 1.84. The van der Waals surface area contributed by atoms with Crippen LogP contribution in [0.1, 0.15) is 29.7 Å². The zero-order valence-corrected chi connectivity index (χ0v) is 10.5. The summed E-state index contributed by atoms with van der Waals surface area (Å²) >= 11 is 0. The summed E-state index contributed by atoms with van der Waals surface area (Å²) in [6, 6.07) is 0. The smallest absolute Gasteiger partial charge is 0.198 e. The molecular weight excluding hydrogens is 258 g/mol. The minimum atomic E-state index is -2.29. The predicted molar refractivity (Wildman–Crippen MR) is 85.0 cm³/mol. The van der Waals surface area contributed by atoms with E-state index in [9.17, 15) is 9.13 Å². The van der Waals surface area contributed by atoms with E-state index in [2.05, 4.69) is 4.52 Å². The van der Waals surface area contributed by atoms with Crippen LogP contribution in [-0.2, 0) is 13.7 Å². The molecule has 114 valence electrons. The first-order valence-electron chi connectivity index (χ1n) is 3.76. The van der Waals surface area contributed by atoms with Crippen LogP contribution in [0.5, 0.6) is 0 Å². The summed E-state index contributed by atoms with van der Waals surface area (Å²) in [4.78, 5) is 0. The Hall–Kier alpha value is 0.340. The van der Waals surface area contributed by atoms with Crippen molar-refractivity contribution in [3.05, 3.63) is 0 Å². The van der Waals surface area contributed by atoms with Crippen LogP contribution in [0.4, 0.5) is 0 Å². The van der Waals surface area contributed by atoms with Crippen molar-refractivity contribution in [2.24, 2.45) is 11.5 Å². The van der Waals surface area contributed by atoms with Gasteiger partial charge >= 0.3 is 0 Å². The highest BCUT2D eigenvalue weighted by Gasteiger charge is 2.02. The van der Waals surface area contributed by atoms with Gasteiger partial charge in [0, 0.05) is 19.6 Å². The van der Waals surface area contributed by atoms with Gasteiger partial charge in [0.1, 0.15) is 6.73 Å². The first-order valence-corrected chi connectivity index (χ1v) is 9.06. The van der Waals surface area contributed by atoms with Crippen LogP contribution in [-0.4, -0.2) is 39.7 Å². The van der Waals surface area contributed by atoms with Gasteiger partial charge in [-0.15, -0.1) is 0 Å². The molecule has 0 aliphatic heterocycles. The summed E-state index contributed by atoms with van der Waals surface area (Å²) < 4.78 is 25.5. The normalized spacial score (nSPS) is 9.06. The molecule has 0 saturated heterocycles. The van der Waals surface area contributed by atoms with E-state index in [1.165, 1.54) is 13.3 Å². The fraction of sp³-hybridized carbons (Fsp3) is 1.00. The zero-order valence-electron chi connectivity index (χ0n) is 8.69. The first-order chi connectivity index (χ1) is 5.62. The fourth-order valence-corrected chi connectivity index (χ4v) is 0.539. The van der Waals surface area contributed by atoms with Crippen molar-refractivity contribution in [3.63, 3.8) is 0 Å². The largest absolute Gasteiger partial charge is 0.324 e. The highest BCUT2D eigenvalue weighted by molar-refractivity contribution is 7.62. The molecule has 0 atom stereocenters. The second-order valence-electron chi connectivity index (χ2n) is 3.30. The van der Waals surface area contributed by atoms with E-state index in [0.717, 1.165) is 0 Å². The van der Waals surface area contributed by atoms with Crippen molar-refractivity contribution in [2.45, 2.75) is 29.7 Å². The lowest BCUT2D eigenvalue weighted by Crippen LogP contribution is -2.00. The summed E-state index contributed by atoms with van der Waals surface area (Å²) in [5.41, 5.74) is 9.96. The molecule has 0 aromatic rings. The summed E-state index contributed by atoms with van der Waals surface area (Å²) in [6.07, 6.45) is 0.326. The van der Waals surface area contributed by atoms with Crippen molar-refractivity contribution in [1.29, 1.82) is 0 Å². The zero-order chi connectivity index (χ0) is 11.1. The van der Waals surface area contributed by atoms with Crippen LogP contribution >= 0.6 is 14.5 Å². The number of nitrogens with two attached hydrogens (primary N) is 2. The molecule has 0 radical (unpaired) electrons. The van der Waals surface area contributed by atoms with Crippen molar-refractivity contribution < 1.29 is 13.7 Å².